The third-order valence-corrected chi connectivity index (χ3v) is 3.87. The number of hydrogen-bond acceptors (Lipinski definition) is 3. The van der Waals surface area contributed by atoms with Crippen LogP contribution in [0.3, 0.4) is 0 Å². The van der Waals surface area contributed by atoms with Gasteiger partial charge in [-0.25, -0.2) is 0 Å². The van der Waals surface area contributed by atoms with Crippen LogP contribution in [-0.2, 0) is 0 Å². The molecule has 0 amide bonds. The highest BCUT2D eigenvalue weighted by Crippen LogP contribution is 2.27. The summed E-state index contributed by atoms with van der Waals surface area (Å²) in [6.45, 7) is 3.93. The van der Waals surface area contributed by atoms with E-state index in [1.807, 2.05) is 36.4 Å². The van der Waals surface area contributed by atoms with E-state index in [4.69, 9.17) is 4.74 Å². The topological polar surface area (TPSA) is 36.3 Å². The number of benzene rings is 2. The summed E-state index contributed by atoms with van der Waals surface area (Å²) in [5.41, 5.74) is 0.643. The second-order valence-electron chi connectivity index (χ2n) is 5.17. The highest BCUT2D eigenvalue weighted by atomic mass is 16.5. The molecule has 0 aromatic heterocycles. The Hall–Kier alpha value is -2.05. The predicted octanol–water partition coefficient (Wildman–Crippen LogP) is 3.19. The van der Waals surface area contributed by atoms with Gasteiger partial charge in [0.05, 0.1) is 0 Å². The lowest BCUT2D eigenvalue weighted by Crippen LogP contribution is -2.25. The van der Waals surface area contributed by atoms with Crippen LogP contribution in [0.5, 0.6) is 5.75 Å². The first kappa shape index (κ1) is 13.0. The highest BCUT2D eigenvalue weighted by molar-refractivity contribution is 5.90. The molecule has 1 fully saturated rings. The summed E-state index contributed by atoms with van der Waals surface area (Å²) >= 11 is 0. The molecule has 0 radical (unpaired) electrons. The first-order chi connectivity index (χ1) is 9.88. The number of ether oxygens (including phenoxy) is 1. The summed E-state index contributed by atoms with van der Waals surface area (Å²) in [5.74, 6) is 0.699. The van der Waals surface area contributed by atoms with Crippen molar-refractivity contribution in [2.24, 2.45) is 0 Å². The minimum Gasteiger partial charge on any atom is -0.491 e. The Morgan fingerprint density at radius 3 is 2.70 bits per heavy atom. The van der Waals surface area contributed by atoms with Crippen LogP contribution in [0.15, 0.2) is 36.4 Å². The summed E-state index contributed by atoms with van der Waals surface area (Å²) in [4.78, 5) is 2.41. The van der Waals surface area contributed by atoms with Gasteiger partial charge in [-0.15, -0.1) is 0 Å². The van der Waals surface area contributed by atoms with Gasteiger partial charge in [-0.05, 0) is 37.4 Å². The molecule has 3 nitrogen and oxygen atoms in total. The first-order valence-corrected chi connectivity index (χ1v) is 7.15. The lowest BCUT2D eigenvalue weighted by molar-refractivity contribution is 0.237. The van der Waals surface area contributed by atoms with Crippen LogP contribution < -0.4 is 4.74 Å². The molecule has 1 heterocycles. The van der Waals surface area contributed by atoms with Crippen molar-refractivity contribution in [3.8, 4) is 11.8 Å². The van der Waals surface area contributed by atoms with Crippen LogP contribution in [0.25, 0.3) is 10.8 Å². The highest BCUT2D eigenvalue weighted by Gasteiger charge is 2.12. The van der Waals surface area contributed by atoms with E-state index in [0.717, 1.165) is 17.3 Å². The summed E-state index contributed by atoms with van der Waals surface area (Å²) < 4.78 is 5.83. The summed E-state index contributed by atoms with van der Waals surface area (Å²) in [6, 6.07) is 14.1. The number of rotatable bonds is 4. The van der Waals surface area contributed by atoms with Crippen LogP contribution in [0, 0.1) is 11.3 Å². The van der Waals surface area contributed by atoms with Gasteiger partial charge in [0.1, 0.15) is 24.0 Å². The molecule has 0 atom stereocenters. The third kappa shape index (κ3) is 2.61. The lowest BCUT2D eigenvalue weighted by atomic mass is 10.0. The van der Waals surface area contributed by atoms with E-state index in [-0.39, 0.29) is 0 Å². The van der Waals surface area contributed by atoms with Crippen LogP contribution in [0.1, 0.15) is 18.4 Å². The van der Waals surface area contributed by atoms with Crippen molar-refractivity contribution in [3.05, 3.63) is 42.0 Å². The molecule has 102 valence electrons. The van der Waals surface area contributed by atoms with Gasteiger partial charge >= 0.3 is 0 Å². The third-order valence-electron chi connectivity index (χ3n) is 3.87. The molecule has 0 N–H and O–H groups in total. The zero-order valence-corrected chi connectivity index (χ0v) is 11.5. The van der Waals surface area contributed by atoms with Gasteiger partial charge in [0.25, 0.3) is 0 Å². The second-order valence-corrected chi connectivity index (χ2v) is 5.17. The fourth-order valence-electron chi connectivity index (χ4n) is 2.78. The Morgan fingerprint density at radius 2 is 1.90 bits per heavy atom. The van der Waals surface area contributed by atoms with E-state index in [1.54, 1.807) is 0 Å². The fraction of sp³-hybridized carbons (Fsp3) is 0.353. The molecule has 0 aliphatic carbocycles. The van der Waals surface area contributed by atoms with Gasteiger partial charge in [-0.2, -0.15) is 5.26 Å². The molecule has 3 rings (SSSR count). The van der Waals surface area contributed by atoms with Crippen LogP contribution >= 0.6 is 0 Å². The monoisotopic (exact) mass is 266 g/mol. The minimum absolute atomic E-state index is 0.643. The van der Waals surface area contributed by atoms with Gasteiger partial charge in [0.15, 0.2) is 0 Å². The molecule has 0 spiro atoms. The van der Waals surface area contributed by atoms with Crippen molar-refractivity contribution in [2.45, 2.75) is 12.8 Å². The SMILES string of the molecule is N#Cc1c(OCCN2CCCC2)ccc2ccccc12. The smallest absolute Gasteiger partial charge is 0.137 e. The summed E-state index contributed by atoms with van der Waals surface area (Å²) in [5, 5.41) is 11.4. The number of nitriles is 1. The number of hydrogen-bond donors (Lipinski definition) is 0. The molecule has 0 saturated carbocycles. The Morgan fingerprint density at radius 1 is 1.10 bits per heavy atom. The maximum Gasteiger partial charge on any atom is 0.137 e. The average Bonchev–Trinajstić information content (AvgIpc) is 3.00. The maximum absolute atomic E-state index is 9.39. The quantitative estimate of drug-likeness (QED) is 0.852. The minimum atomic E-state index is 0.643. The van der Waals surface area contributed by atoms with Gasteiger partial charge in [-0.3, -0.25) is 4.90 Å². The zero-order valence-electron chi connectivity index (χ0n) is 11.5. The predicted molar refractivity (Wildman–Crippen MR) is 79.8 cm³/mol. The summed E-state index contributed by atoms with van der Waals surface area (Å²) in [7, 11) is 0. The molecular formula is C17H18N2O. The second kappa shape index (κ2) is 5.94. The molecule has 1 aliphatic heterocycles. The number of nitrogens with zero attached hydrogens (tertiary/aromatic N) is 2. The average molecular weight is 266 g/mol. The Bertz CT molecular complexity index is 639. The largest absolute Gasteiger partial charge is 0.491 e. The number of likely N-dealkylation sites (tertiary alicyclic amines) is 1. The standard InChI is InChI=1S/C17H18N2O/c18-13-16-15-6-2-1-5-14(15)7-8-17(16)20-12-11-19-9-3-4-10-19/h1-2,5-8H,3-4,9-12H2. The van der Waals surface area contributed by atoms with Crippen LogP contribution in [-0.4, -0.2) is 31.1 Å². The van der Waals surface area contributed by atoms with E-state index in [1.165, 1.54) is 25.9 Å². The fourth-order valence-corrected chi connectivity index (χ4v) is 2.78. The Balaban J connectivity index is 1.75. The van der Waals surface area contributed by atoms with Gasteiger partial charge in [0, 0.05) is 11.9 Å². The lowest BCUT2D eigenvalue weighted by Gasteiger charge is -2.15. The van der Waals surface area contributed by atoms with E-state index >= 15 is 0 Å². The van der Waals surface area contributed by atoms with E-state index in [2.05, 4.69) is 11.0 Å². The molecule has 0 bridgehead atoms. The van der Waals surface area contributed by atoms with Crippen molar-refractivity contribution in [1.29, 1.82) is 5.26 Å². The van der Waals surface area contributed by atoms with Crippen LogP contribution in [0.2, 0.25) is 0 Å². The van der Waals surface area contributed by atoms with Crippen molar-refractivity contribution >= 4 is 10.8 Å². The maximum atomic E-state index is 9.39. The van der Waals surface area contributed by atoms with Crippen molar-refractivity contribution in [2.75, 3.05) is 26.2 Å². The van der Waals surface area contributed by atoms with Crippen molar-refractivity contribution in [1.82, 2.24) is 4.90 Å². The molecule has 2 aromatic rings. The Labute approximate surface area is 119 Å². The van der Waals surface area contributed by atoms with E-state index in [9.17, 15) is 5.26 Å². The molecular weight excluding hydrogens is 248 g/mol. The van der Waals surface area contributed by atoms with Gasteiger partial charge in [-0.1, -0.05) is 30.3 Å². The van der Waals surface area contributed by atoms with Crippen LogP contribution in [0.4, 0.5) is 0 Å². The molecule has 1 saturated heterocycles. The molecule has 3 heteroatoms. The molecule has 2 aromatic carbocycles. The normalized spacial score (nSPS) is 15.3. The van der Waals surface area contributed by atoms with E-state index in [0.29, 0.717) is 17.9 Å². The molecule has 20 heavy (non-hydrogen) atoms. The Kier molecular flexibility index (Phi) is 3.85. The zero-order chi connectivity index (χ0) is 13.8. The van der Waals surface area contributed by atoms with Gasteiger partial charge < -0.3 is 4.74 Å². The molecule has 0 unspecified atom stereocenters. The van der Waals surface area contributed by atoms with Crippen molar-refractivity contribution < 1.29 is 4.74 Å². The molecule has 1 aliphatic rings. The first-order valence-electron chi connectivity index (χ1n) is 7.15. The number of fused-ring (bicyclic) bond motifs is 1. The van der Waals surface area contributed by atoms with E-state index < -0.39 is 0 Å². The summed E-state index contributed by atoms with van der Waals surface area (Å²) in [6.07, 6.45) is 2.58. The van der Waals surface area contributed by atoms with Gasteiger partial charge in [0.2, 0.25) is 0 Å². The van der Waals surface area contributed by atoms with Crippen molar-refractivity contribution in [3.63, 3.8) is 0 Å².